The van der Waals surface area contributed by atoms with E-state index in [4.69, 9.17) is 0 Å². The molecule has 8 aromatic rings. The highest BCUT2D eigenvalue weighted by molar-refractivity contribution is 7.27. The Hall–Kier alpha value is -6.56. The van der Waals surface area contributed by atoms with Crippen molar-refractivity contribution in [2.75, 3.05) is 14.7 Å². The van der Waals surface area contributed by atoms with Crippen LogP contribution in [0.2, 0.25) is 0 Å². The molecule has 0 amide bonds. The van der Waals surface area contributed by atoms with Gasteiger partial charge in [0.25, 0.3) is 6.71 Å². The lowest BCUT2D eigenvalue weighted by atomic mass is 9.33. The van der Waals surface area contributed by atoms with Gasteiger partial charge in [-0.3, -0.25) is 0 Å². The van der Waals surface area contributed by atoms with Gasteiger partial charge in [0.1, 0.15) is 0 Å². The summed E-state index contributed by atoms with van der Waals surface area (Å²) >= 11 is 0. The van der Waals surface area contributed by atoms with Gasteiger partial charge in [-0.15, -0.1) is 0 Å². The Kier molecular flexibility index (Phi) is 8.64. The molecule has 67 heavy (non-hydrogen) atoms. The van der Waals surface area contributed by atoms with E-state index in [0.717, 1.165) is 6.42 Å². The van der Waals surface area contributed by atoms with E-state index in [1.54, 1.807) is 0 Å². The first-order valence-corrected chi connectivity index (χ1v) is 26.7. The van der Waals surface area contributed by atoms with Crippen molar-refractivity contribution < 1.29 is 0 Å². The highest BCUT2D eigenvalue weighted by Gasteiger charge is 2.60. The lowest BCUT2D eigenvalue weighted by molar-refractivity contribution is 0.195. The van der Waals surface area contributed by atoms with Gasteiger partial charge < -0.3 is 14.7 Å². The van der Waals surface area contributed by atoms with Gasteiger partial charge in [0.2, 0.25) is 0 Å². The van der Waals surface area contributed by atoms with Crippen LogP contribution in [0.15, 0.2) is 176 Å². The highest BCUT2D eigenvalue weighted by atomic mass is 28.3. The summed E-state index contributed by atoms with van der Waals surface area (Å²) < 4.78 is 0. The van der Waals surface area contributed by atoms with Crippen molar-refractivity contribution in [1.82, 2.24) is 0 Å². The van der Waals surface area contributed by atoms with Crippen molar-refractivity contribution in [3.63, 3.8) is 0 Å². The third-order valence-electron chi connectivity index (χ3n) is 17.0. The fourth-order valence-electron chi connectivity index (χ4n) is 13.9. The van der Waals surface area contributed by atoms with E-state index >= 15 is 0 Å². The zero-order chi connectivity index (χ0) is 45.6. The fourth-order valence-corrected chi connectivity index (χ4v) is 19.4. The number of benzene rings is 8. The van der Waals surface area contributed by atoms with Crippen LogP contribution < -0.4 is 51.8 Å². The van der Waals surface area contributed by atoms with E-state index in [9.17, 15) is 0 Å². The summed E-state index contributed by atoms with van der Waals surface area (Å²) in [5.41, 5.74) is 20.0. The van der Waals surface area contributed by atoms with Crippen LogP contribution in [0.1, 0.15) is 82.6 Å². The SMILES string of the molecule is Cc1cc2c3c(c1)[Si](c1ccccc1)(c1ccccc1)c1cc(C)cc4c1B3c1c(cc(N3c5ccc(C(C)(C)C)cc5C5(C)CCCCC35C)cc1N4c1ccccc1)N2c1ccccc1. The molecule has 0 saturated heterocycles. The molecule has 1 saturated carbocycles. The molecule has 4 aliphatic heterocycles. The lowest BCUT2D eigenvalue weighted by Crippen LogP contribution is -2.88. The molecule has 1 fully saturated rings. The quantitative estimate of drug-likeness (QED) is 0.160. The van der Waals surface area contributed by atoms with E-state index < -0.39 is 8.07 Å². The van der Waals surface area contributed by atoms with Gasteiger partial charge in [-0.05, 0) is 153 Å². The molecule has 0 radical (unpaired) electrons. The first-order chi connectivity index (χ1) is 32.4. The molecule has 3 nitrogen and oxygen atoms in total. The number of anilines is 8. The summed E-state index contributed by atoms with van der Waals surface area (Å²) in [7, 11) is -2.97. The van der Waals surface area contributed by atoms with Crippen molar-refractivity contribution in [3.05, 3.63) is 198 Å². The summed E-state index contributed by atoms with van der Waals surface area (Å²) in [4.78, 5) is 8.14. The van der Waals surface area contributed by atoms with Gasteiger partial charge in [-0.1, -0.05) is 162 Å². The van der Waals surface area contributed by atoms with Crippen LogP contribution >= 0.6 is 0 Å². The monoisotopic (exact) mass is 883 g/mol. The summed E-state index contributed by atoms with van der Waals surface area (Å²) in [5.74, 6) is 0. The molecule has 2 atom stereocenters. The maximum atomic E-state index is 2.81. The van der Waals surface area contributed by atoms with E-state index in [0.29, 0.717) is 0 Å². The molecular formula is C62H58BN3Si. The largest absolute Gasteiger partial charge is 0.334 e. The smallest absolute Gasteiger partial charge is 0.251 e. The van der Waals surface area contributed by atoms with Crippen LogP contribution in [0, 0.1) is 13.8 Å². The second-order valence-corrected chi connectivity index (χ2v) is 25.5. The maximum Gasteiger partial charge on any atom is 0.251 e. The minimum Gasteiger partial charge on any atom is -0.334 e. The summed E-state index contributed by atoms with van der Waals surface area (Å²) in [5, 5.41) is 5.88. The van der Waals surface area contributed by atoms with Crippen LogP contribution in [0.5, 0.6) is 0 Å². The second-order valence-electron chi connectivity index (χ2n) is 21.8. The first kappa shape index (κ1) is 40.7. The minimum atomic E-state index is -2.97. The molecule has 1 aliphatic carbocycles. The number of aryl methyl sites for hydroxylation is 2. The molecular weight excluding hydrogens is 826 g/mol. The van der Waals surface area contributed by atoms with Crippen molar-refractivity contribution >= 4 is 97.4 Å². The van der Waals surface area contributed by atoms with E-state index in [-0.39, 0.29) is 23.1 Å². The molecule has 5 heteroatoms. The zero-order valence-corrected chi connectivity index (χ0v) is 41.0. The summed E-state index contributed by atoms with van der Waals surface area (Å²) in [6.07, 6.45) is 4.82. The van der Waals surface area contributed by atoms with Gasteiger partial charge in [0.05, 0.1) is 5.54 Å². The maximum absolute atomic E-state index is 2.97. The summed E-state index contributed by atoms with van der Waals surface area (Å²) in [6.45, 7) is 17.0. The normalized spacial score (nSPS) is 20.3. The van der Waals surface area contributed by atoms with Crippen molar-refractivity contribution in [2.24, 2.45) is 0 Å². The Morgan fingerprint density at radius 3 is 1.43 bits per heavy atom. The Morgan fingerprint density at radius 1 is 0.478 bits per heavy atom. The molecule has 8 aromatic carbocycles. The summed E-state index contributed by atoms with van der Waals surface area (Å²) in [6, 6.07) is 68.6. The number of rotatable bonds is 5. The van der Waals surface area contributed by atoms with Crippen LogP contribution in [0.4, 0.5) is 45.5 Å². The van der Waals surface area contributed by atoms with Crippen LogP contribution in [0.3, 0.4) is 0 Å². The molecule has 5 aliphatic rings. The zero-order valence-electron chi connectivity index (χ0n) is 40.0. The van der Waals surface area contributed by atoms with Crippen molar-refractivity contribution in [3.8, 4) is 0 Å². The molecule has 4 heterocycles. The average Bonchev–Trinajstić information content (AvgIpc) is 3.54. The number of nitrogens with zero attached hydrogens (tertiary/aromatic N) is 3. The predicted octanol–water partition coefficient (Wildman–Crippen LogP) is 11.1. The molecule has 328 valence electrons. The fraction of sp³-hybridized carbons (Fsp3) is 0.226. The molecule has 0 aromatic heterocycles. The van der Waals surface area contributed by atoms with Gasteiger partial charge >= 0.3 is 0 Å². The van der Waals surface area contributed by atoms with Gasteiger partial charge in [-0.25, -0.2) is 0 Å². The lowest BCUT2D eigenvalue weighted by Gasteiger charge is -2.53. The predicted molar refractivity (Wildman–Crippen MR) is 289 cm³/mol. The molecule has 2 unspecified atom stereocenters. The van der Waals surface area contributed by atoms with Crippen LogP contribution in [-0.2, 0) is 10.8 Å². The van der Waals surface area contributed by atoms with Gasteiger partial charge in [0, 0.05) is 50.9 Å². The van der Waals surface area contributed by atoms with Crippen molar-refractivity contribution in [2.45, 2.75) is 90.5 Å². The third-order valence-corrected chi connectivity index (χ3v) is 21.9. The third kappa shape index (κ3) is 5.41. The van der Waals surface area contributed by atoms with Gasteiger partial charge in [-0.2, -0.15) is 0 Å². The average molecular weight is 884 g/mol. The molecule has 0 bridgehead atoms. The Labute approximate surface area is 398 Å². The second kappa shape index (κ2) is 14.2. The van der Waals surface area contributed by atoms with E-state index in [2.05, 4.69) is 239 Å². The standard InChI is InChI=1S/C62H58BN3Si/c1-41-34-51-58-55(36-41)67(47-26-16-10-17-27-47,48-28-18-11-19-29-48)56-37-42(2)35-52-59(56)63(58)57-53(64(51)44-22-12-8-13-23-44)39-46(40-54(57)65(52)45-24-14-9-15-25-45)66-50-31-30-43(60(3,4)5)38-49(50)61(6)32-20-21-33-62(61,66)7/h8-19,22-31,34-40H,20-21,32-33H2,1-7H3. The molecule has 0 N–H and O–H groups in total. The Bertz CT molecular complexity index is 3140. The number of hydrogen-bond donors (Lipinski definition) is 0. The van der Waals surface area contributed by atoms with Gasteiger partial charge in [0.15, 0.2) is 8.07 Å². The minimum absolute atomic E-state index is 0.00333. The highest BCUT2D eigenvalue weighted by Crippen LogP contribution is 2.62. The van der Waals surface area contributed by atoms with E-state index in [1.807, 2.05) is 0 Å². The molecule has 13 rings (SSSR count). The Morgan fingerprint density at radius 2 is 0.940 bits per heavy atom. The number of para-hydroxylation sites is 2. The number of hydrogen-bond acceptors (Lipinski definition) is 3. The van der Waals surface area contributed by atoms with E-state index in [1.165, 1.54) is 124 Å². The topological polar surface area (TPSA) is 9.72 Å². The molecule has 0 spiro atoms. The van der Waals surface area contributed by atoms with Crippen LogP contribution in [0.25, 0.3) is 0 Å². The Balaban J connectivity index is 1.20. The van der Waals surface area contributed by atoms with Crippen LogP contribution in [-0.4, -0.2) is 20.3 Å². The number of fused-ring (bicyclic) bond motifs is 3. The first-order valence-electron chi connectivity index (χ1n) is 24.7. The van der Waals surface area contributed by atoms with Crippen molar-refractivity contribution in [1.29, 1.82) is 0 Å².